The molecular formula is C15H23NO2S. The molecule has 0 aromatic carbocycles. The van der Waals surface area contributed by atoms with Crippen molar-refractivity contribution in [1.29, 1.82) is 0 Å². The van der Waals surface area contributed by atoms with E-state index < -0.39 is 5.60 Å². The Kier molecular flexibility index (Phi) is 4.02. The SMILES string of the molecule is CC(C)N1CCc2c(C(=O)OC(C)(C)C)csc2C1. The molecule has 1 aliphatic heterocycles. The van der Waals surface area contributed by atoms with E-state index in [1.54, 1.807) is 11.3 Å². The molecule has 19 heavy (non-hydrogen) atoms. The second-order valence-electron chi connectivity index (χ2n) is 6.37. The van der Waals surface area contributed by atoms with Gasteiger partial charge < -0.3 is 4.74 Å². The van der Waals surface area contributed by atoms with Crippen molar-refractivity contribution in [2.45, 2.75) is 59.2 Å². The van der Waals surface area contributed by atoms with Crippen molar-refractivity contribution in [3.63, 3.8) is 0 Å². The van der Waals surface area contributed by atoms with Crippen LogP contribution in [0.2, 0.25) is 0 Å². The molecule has 0 fully saturated rings. The molecule has 0 amide bonds. The first-order chi connectivity index (χ1) is 8.78. The Bertz CT molecular complexity index is 471. The second-order valence-corrected chi connectivity index (χ2v) is 7.33. The average molecular weight is 281 g/mol. The Balaban J connectivity index is 2.17. The van der Waals surface area contributed by atoms with E-state index >= 15 is 0 Å². The smallest absolute Gasteiger partial charge is 0.339 e. The highest BCUT2D eigenvalue weighted by Crippen LogP contribution is 2.30. The summed E-state index contributed by atoms with van der Waals surface area (Å²) in [6.45, 7) is 12.1. The highest BCUT2D eigenvalue weighted by atomic mass is 32.1. The molecule has 0 radical (unpaired) electrons. The van der Waals surface area contributed by atoms with Gasteiger partial charge in [-0.1, -0.05) is 0 Å². The maximum absolute atomic E-state index is 12.2. The number of hydrogen-bond acceptors (Lipinski definition) is 4. The van der Waals surface area contributed by atoms with Crippen LogP contribution in [-0.2, 0) is 17.7 Å². The largest absolute Gasteiger partial charge is 0.456 e. The summed E-state index contributed by atoms with van der Waals surface area (Å²) in [5, 5.41) is 1.96. The first-order valence-electron chi connectivity index (χ1n) is 6.84. The lowest BCUT2D eigenvalue weighted by atomic mass is 10.0. The van der Waals surface area contributed by atoms with Gasteiger partial charge >= 0.3 is 5.97 Å². The van der Waals surface area contributed by atoms with Crippen LogP contribution in [0.4, 0.5) is 0 Å². The van der Waals surface area contributed by atoms with E-state index in [4.69, 9.17) is 4.74 Å². The van der Waals surface area contributed by atoms with Gasteiger partial charge in [-0.2, -0.15) is 0 Å². The van der Waals surface area contributed by atoms with E-state index in [-0.39, 0.29) is 5.97 Å². The van der Waals surface area contributed by atoms with Gasteiger partial charge in [0.15, 0.2) is 0 Å². The van der Waals surface area contributed by atoms with Crippen molar-refractivity contribution in [2.75, 3.05) is 6.54 Å². The molecule has 106 valence electrons. The number of esters is 1. The maximum Gasteiger partial charge on any atom is 0.339 e. The van der Waals surface area contributed by atoms with Gasteiger partial charge in [-0.15, -0.1) is 11.3 Å². The summed E-state index contributed by atoms with van der Waals surface area (Å²) in [5.41, 5.74) is 1.55. The van der Waals surface area contributed by atoms with Crippen molar-refractivity contribution < 1.29 is 9.53 Å². The molecule has 0 aliphatic carbocycles. The molecular weight excluding hydrogens is 258 g/mol. The number of carbonyl (C=O) groups excluding carboxylic acids is 1. The number of ether oxygens (including phenoxy) is 1. The fourth-order valence-electron chi connectivity index (χ4n) is 2.29. The summed E-state index contributed by atoms with van der Waals surface area (Å²) in [6.07, 6.45) is 0.950. The van der Waals surface area contributed by atoms with Crippen molar-refractivity contribution in [2.24, 2.45) is 0 Å². The van der Waals surface area contributed by atoms with Crippen molar-refractivity contribution in [1.82, 2.24) is 4.90 Å². The first kappa shape index (κ1) is 14.5. The summed E-state index contributed by atoms with van der Waals surface area (Å²) in [6, 6.07) is 0.556. The van der Waals surface area contributed by atoms with Crippen LogP contribution >= 0.6 is 11.3 Å². The molecule has 0 saturated carbocycles. The number of hydrogen-bond donors (Lipinski definition) is 0. The molecule has 2 heterocycles. The molecule has 0 N–H and O–H groups in total. The first-order valence-corrected chi connectivity index (χ1v) is 7.72. The fourth-order valence-corrected chi connectivity index (χ4v) is 3.39. The normalized spacial score (nSPS) is 16.5. The van der Waals surface area contributed by atoms with Crippen molar-refractivity contribution in [3.8, 4) is 0 Å². The number of thiophene rings is 1. The molecule has 0 bridgehead atoms. The van der Waals surface area contributed by atoms with E-state index in [1.807, 2.05) is 26.2 Å². The van der Waals surface area contributed by atoms with Gasteiger partial charge in [0.2, 0.25) is 0 Å². The zero-order chi connectivity index (χ0) is 14.2. The van der Waals surface area contributed by atoms with E-state index in [0.717, 1.165) is 25.1 Å². The molecule has 1 aromatic heterocycles. The molecule has 0 spiro atoms. The van der Waals surface area contributed by atoms with E-state index in [2.05, 4.69) is 18.7 Å². The predicted molar refractivity (Wildman–Crippen MR) is 78.7 cm³/mol. The summed E-state index contributed by atoms with van der Waals surface area (Å²) < 4.78 is 5.48. The van der Waals surface area contributed by atoms with Gasteiger partial charge in [-0.3, -0.25) is 4.90 Å². The molecule has 0 atom stereocenters. The molecule has 3 nitrogen and oxygen atoms in total. The average Bonchev–Trinajstić information content (AvgIpc) is 2.68. The van der Waals surface area contributed by atoms with Gasteiger partial charge in [0.05, 0.1) is 5.56 Å². The maximum atomic E-state index is 12.2. The minimum atomic E-state index is -0.426. The fraction of sp³-hybridized carbons (Fsp3) is 0.667. The lowest BCUT2D eigenvalue weighted by Gasteiger charge is -2.30. The molecule has 0 unspecified atom stereocenters. The third kappa shape index (κ3) is 3.37. The van der Waals surface area contributed by atoms with Gasteiger partial charge in [0, 0.05) is 29.4 Å². The predicted octanol–water partition coefficient (Wildman–Crippen LogP) is 3.47. The van der Waals surface area contributed by atoms with Gasteiger partial charge in [-0.05, 0) is 46.6 Å². The molecule has 2 rings (SSSR count). The summed E-state index contributed by atoms with van der Waals surface area (Å²) >= 11 is 1.68. The minimum Gasteiger partial charge on any atom is -0.456 e. The Morgan fingerprint density at radius 2 is 2.11 bits per heavy atom. The van der Waals surface area contributed by atoms with Crippen molar-refractivity contribution in [3.05, 3.63) is 21.4 Å². The Labute approximate surface area is 119 Å². The molecule has 0 saturated heterocycles. The van der Waals surface area contributed by atoms with E-state index in [1.165, 1.54) is 10.4 Å². The topological polar surface area (TPSA) is 29.5 Å². The number of nitrogens with zero attached hydrogens (tertiary/aromatic N) is 1. The molecule has 1 aliphatic rings. The highest BCUT2D eigenvalue weighted by molar-refractivity contribution is 7.10. The van der Waals surface area contributed by atoms with E-state index in [0.29, 0.717) is 6.04 Å². The summed E-state index contributed by atoms with van der Waals surface area (Å²) in [4.78, 5) is 15.9. The Morgan fingerprint density at radius 3 is 2.68 bits per heavy atom. The van der Waals surface area contributed by atoms with E-state index in [9.17, 15) is 4.79 Å². The van der Waals surface area contributed by atoms with Crippen LogP contribution in [-0.4, -0.2) is 29.1 Å². The quantitative estimate of drug-likeness (QED) is 0.777. The third-order valence-corrected chi connectivity index (χ3v) is 4.34. The number of rotatable bonds is 2. The van der Waals surface area contributed by atoms with Crippen LogP contribution in [0.1, 0.15) is 55.4 Å². The standard InChI is InChI=1S/C15H23NO2S/c1-10(2)16-7-6-11-12(9-19-13(11)8-16)14(17)18-15(3,4)5/h9-10H,6-8H2,1-5H3. The zero-order valence-corrected chi connectivity index (χ0v) is 13.3. The molecule has 1 aromatic rings. The van der Waals surface area contributed by atoms with Crippen LogP contribution < -0.4 is 0 Å². The lowest BCUT2D eigenvalue weighted by Crippen LogP contribution is -2.35. The van der Waals surface area contributed by atoms with Crippen LogP contribution in [0, 0.1) is 0 Å². The van der Waals surface area contributed by atoms with Crippen LogP contribution in [0.3, 0.4) is 0 Å². The lowest BCUT2D eigenvalue weighted by molar-refractivity contribution is 0.00683. The van der Waals surface area contributed by atoms with Crippen LogP contribution in [0.15, 0.2) is 5.38 Å². The third-order valence-electron chi connectivity index (χ3n) is 3.33. The van der Waals surface area contributed by atoms with Crippen LogP contribution in [0.5, 0.6) is 0 Å². The van der Waals surface area contributed by atoms with Crippen LogP contribution in [0.25, 0.3) is 0 Å². The highest BCUT2D eigenvalue weighted by Gasteiger charge is 2.27. The zero-order valence-electron chi connectivity index (χ0n) is 12.4. The summed E-state index contributed by atoms with van der Waals surface area (Å²) in [5.74, 6) is -0.178. The number of fused-ring (bicyclic) bond motifs is 1. The monoisotopic (exact) mass is 281 g/mol. The second kappa shape index (κ2) is 5.25. The Hall–Kier alpha value is -0.870. The molecule has 4 heteroatoms. The Morgan fingerprint density at radius 1 is 1.42 bits per heavy atom. The van der Waals surface area contributed by atoms with Gasteiger partial charge in [0.1, 0.15) is 5.60 Å². The van der Waals surface area contributed by atoms with Gasteiger partial charge in [0.25, 0.3) is 0 Å². The number of carbonyl (C=O) groups is 1. The summed E-state index contributed by atoms with van der Waals surface area (Å²) in [7, 11) is 0. The van der Waals surface area contributed by atoms with Gasteiger partial charge in [-0.25, -0.2) is 4.79 Å². The minimum absolute atomic E-state index is 0.178. The van der Waals surface area contributed by atoms with Crippen molar-refractivity contribution >= 4 is 17.3 Å².